The van der Waals surface area contributed by atoms with E-state index in [1.165, 1.54) is 9.13 Å². The average Bonchev–Trinajstić information content (AvgIpc) is 2.39. The Morgan fingerprint density at radius 3 is 2.47 bits per heavy atom. The quantitative estimate of drug-likeness (QED) is 0.775. The van der Waals surface area contributed by atoms with Crippen LogP contribution in [-0.2, 0) is 6.54 Å². The fraction of sp³-hybridized carbons (Fsp3) is 0.250. The highest BCUT2D eigenvalue weighted by Gasteiger charge is 2.05. The molecule has 19 heavy (non-hydrogen) atoms. The van der Waals surface area contributed by atoms with Crippen LogP contribution in [0.5, 0.6) is 5.75 Å². The van der Waals surface area contributed by atoms with Crippen LogP contribution in [0.4, 0.5) is 5.69 Å². The molecule has 0 saturated carbocycles. The van der Waals surface area contributed by atoms with Crippen molar-refractivity contribution in [3.63, 3.8) is 0 Å². The van der Waals surface area contributed by atoms with E-state index in [-0.39, 0.29) is 6.10 Å². The fourth-order valence-electron chi connectivity index (χ4n) is 1.81. The summed E-state index contributed by atoms with van der Waals surface area (Å²) in [6, 6.07) is 16.4. The Labute approximate surface area is 128 Å². The molecule has 0 radical (unpaired) electrons. The predicted octanol–water partition coefficient (Wildman–Crippen LogP) is 4.69. The Hall–Kier alpha value is -1.23. The van der Waals surface area contributed by atoms with Gasteiger partial charge in [-0.1, -0.05) is 30.3 Å². The number of halogens is 1. The zero-order chi connectivity index (χ0) is 13.7. The first kappa shape index (κ1) is 14.2. The average molecular weight is 367 g/mol. The van der Waals surface area contributed by atoms with Crippen LogP contribution >= 0.6 is 22.6 Å². The second-order valence-electron chi connectivity index (χ2n) is 4.61. The highest BCUT2D eigenvalue weighted by molar-refractivity contribution is 14.1. The van der Waals surface area contributed by atoms with Crippen molar-refractivity contribution in [2.24, 2.45) is 0 Å². The van der Waals surface area contributed by atoms with Gasteiger partial charge in [-0.2, -0.15) is 0 Å². The van der Waals surface area contributed by atoms with Gasteiger partial charge in [-0.25, -0.2) is 0 Å². The summed E-state index contributed by atoms with van der Waals surface area (Å²) in [5, 5.41) is 3.46. The molecular weight excluding hydrogens is 349 g/mol. The van der Waals surface area contributed by atoms with Gasteiger partial charge in [-0.05, 0) is 54.6 Å². The molecule has 0 spiro atoms. The van der Waals surface area contributed by atoms with E-state index in [9.17, 15) is 0 Å². The minimum atomic E-state index is 0.193. The molecule has 0 aliphatic rings. The number of anilines is 1. The minimum absolute atomic E-state index is 0.193. The number of ether oxygens (including phenoxy) is 1. The SMILES string of the molecule is CC(C)Oc1ccccc1CNc1ccccc1I. The molecule has 1 N–H and O–H groups in total. The molecule has 0 bridgehead atoms. The summed E-state index contributed by atoms with van der Waals surface area (Å²) in [7, 11) is 0. The van der Waals surface area contributed by atoms with E-state index in [1.807, 2.05) is 44.2 Å². The molecule has 0 atom stereocenters. The summed E-state index contributed by atoms with van der Waals surface area (Å²) in [6.07, 6.45) is 0.193. The summed E-state index contributed by atoms with van der Waals surface area (Å²) in [4.78, 5) is 0. The van der Waals surface area contributed by atoms with Crippen LogP contribution in [0.2, 0.25) is 0 Å². The molecule has 0 fully saturated rings. The topological polar surface area (TPSA) is 21.3 Å². The molecule has 0 aliphatic heterocycles. The highest BCUT2D eigenvalue weighted by atomic mass is 127. The smallest absolute Gasteiger partial charge is 0.124 e. The highest BCUT2D eigenvalue weighted by Crippen LogP contribution is 2.22. The van der Waals surface area contributed by atoms with E-state index in [4.69, 9.17) is 4.74 Å². The number of para-hydroxylation sites is 2. The van der Waals surface area contributed by atoms with Crippen LogP contribution < -0.4 is 10.1 Å². The van der Waals surface area contributed by atoms with Crippen LogP contribution in [0.3, 0.4) is 0 Å². The summed E-state index contributed by atoms with van der Waals surface area (Å²) in [6.45, 7) is 4.86. The monoisotopic (exact) mass is 367 g/mol. The maximum Gasteiger partial charge on any atom is 0.124 e. The standard InChI is InChI=1S/C16H18INO/c1-12(2)19-16-10-6-3-7-13(16)11-18-15-9-5-4-8-14(15)17/h3-10,12,18H,11H2,1-2H3. The third-order valence-electron chi connectivity index (χ3n) is 2.68. The molecule has 2 aromatic rings. The van der Waals surface area contributed by atoms with Crippen molar-refractivity contribution in [3.05, 3.63) is 57.7 Å². The van der Waals surface area contributed by atoms with Crippen molar-refractivity contribution in [1.29, 1.82) is 0 Å². The molecule has 0 aromatic heterocycles. The van der Waals surface area contributed by atoms with Crippen LogP contribution in [0.1, 0.15) is 19.4 Å². The first-order valence-corrected chi connectivity index (χ1v) is 7.47. The van der Waals surface area contributed by atoms with Crippen molar-refractivity contribution in [2.45, 2.75) is 26.5 Å². The number of rotatable bonds is 5. The molecule has 2 rings (SSSR count). The summed E-state index contributed by atoms with van der Waals surface area (Å²) < 4.78 is 7.05. The number of hydrogen-bond donors (Lipinski definition) is 1. The zero-order valence-electron chi connectivity index (χ0n) is 11.2. The minimum Gasteiger partial charge on any atom is -0.491 e. The number of benzene rings is 2. The Morgan fingerprint density at radius 2 is 1.74 bits per heavy atom. The van der Waals surface area contributed by atoms with Gasteiger partial charge >= 0.3 is 0 Å². The van der Waals surface area contributed by atoms with Crippen LogP contribution in [0.15, 0.2) is 48.5 Å². The molecular formula is C16H18INO. The van der Waals surface area contributed by atoms with Crippen LogP contribution in [0, 0.1) is 3.57 Å². The lowest BCUT2D eigenvalue weighted by Gasteiger charge is -2.15. The molecule has 0 heterocycles. The molecule has 3 heteroatoms. The van der Waals surface area contributed by atoms with Crippen molar-refractivity contribution >= 4 is 28.3 Å². The van der Waals surface area contributed by atoms with E-state index in [0.717, 1.165) is 18.0 Å². The van der Waals surface area contributed by atoms with Crippen LogP contribution in [-0.4, -0.2) is 6.10 Å². The maximum absolute atomic E-state index is 5.82. The second-order valence-corrected chi connectivity index (χ2v) is 5.77. The van der Waals surface area contributed by atoms with Crippen molar-refractivity contribution < 1.29 is 4.74 Å². The second kappa shape index (κ2) is 6.80. The van der Waals surface area contributed by atoms with Gasteiger partial charge in [0.1, 0.15) is 5.75 Å². The van der Waals surface area contributed by atoms with E-state index < -0.39 is 0 Å². The van der Waals surface area contributed by atoms with E-state index in [2.05, 4.69) is 46.1 Å². The number of hydrogen-bond acceptors (Lipinski definition) is 2. The van der Waals surface area contributed by atoms with Gasteiger partial charge in [0.25, 0.3) is 0 Å². The fourth-order valence-corrected chi connectivity index (χ4v) is 2.39. The molecule has 100 valence electrons. The van der Waals surface area contributed by atoms with E-state index in [0.29, 0.717) is 0 Å². The number of nitrogens with one attached hydrogen (secondary N) is 1. The third kappa shape index (κ3) is 4.13. The van der Waals surface area contributed by atoms with Gasteiger partial charge in [-0.3, -0.25) is 0 Å². The van der Waals surface area contributed by atoms with Crippen LogP contribution in [0.25, 0.3) is 0 Å². The van der Waals surface area contributed by atoms with E-state index in [1.54, 1.807) is 0 Å². The van der Waals surface area contributed by atoms with E-state index >= 15 is 0 Å². The Kier molecular flexibility index (Phi) is 5.07. The maximum atomic E-state index is 5.82. The van der Waals surface area contributed by atoms with Gasteiger partial charge in [0.05, 0.1) is 6.10 Å². The van der Waals surface area contributed by atoms with Crippen molar-refractivity contribution in [2.75, 3.05) is 5.32 Å². The van der Waals surface area contributed by atoms with Crippen molar-refractivity contribution in [1.82, 2.24) is 0 Å². The Bertz CT molecular complexity index is 540. The lowest BCUT2D eigenvalue weighted by Crippen LogP contribution is -2.09. The largest absolute Gasteiger partial charge is 0.491 e. The van der Waals surface area contributed by atoms with Gasteiger partial charge in [0, 0.05) is 21.4 Å². The van der Waals surface area contributed by atoms with Gasteiger partial charge < -0.3 is 10.1 Å². The lowest BCUT2D eigenvalue weighted by molar-refractivity contribution is 0.240. The van der Waals surface area contributed by atoms with Gasteiger partial charge in [0.2, 0.25) is 0 Å². The van der Waals surface area contributed by atoms with Gasteiger partial charge in [0.15, 0.2) is 0 Å². The molecule has 0 unspecified atom stereocenters. The normalized spacial score (nSPS) is 10.5. The summed E-state index contributed by atoms with van der Waals surface area (Å²) in [5.41, 5.74) is 2.33. The van der Waals surface area contributed by atoms with Crippen molar-refractivity contribution in [3.8, 4) is 5.75 Å². The molecule has 0 amide bonds. The molecule has 2 aromatic carbocycles. The van der Waals surface area contributed by atoms with Gasteiger partial charge in [-0.15, -0.1) is 0 Å². The third-order valence-corrected chi connectivity index (χ3v) is 3.62. The summed E-state index contributed by atoms with van der Waals surface area (Å²) >= 11 is 2.34. The first-order valence-electron chi connectivity index (χ1n) is 6.40. The molecule has 0 saturated heterocycles. The Balaban J connectivity index is 2.09. The molecule has 2 nitrogen and oxygen atoms in total. The Morgan fingerprint density at radius 1 is 1.05 bits per heavy atom. The first-order chi connectivity index (χ1) is 9.16. The molecule has 0 aliphatic carbocycles. The lowest BCUT2D eigenvalue weighted by atomic mass is 10.2. The zero-order valence-corrected chi connectivity index (χ0v) is 13.3. The predicted molar refractivity (Wildman–Crippen MR) is 88.7 cm³/mol. The summed E-state index contributed by atoms with van der Waals surface area (Å²) in [5.74, 6) is 0.955.